The molecule has 3 heterocycles. The third kappa shape index (κ3) is 5.83. The van der Waals surface area contributed by atoms with E-state index in [4.69, 9.17) is 9.47 Å². The van der Waals surface area contributed by atoms with Crippen molar-refractivity contribution in [3.05, 3.63) is 124 Å². The van der Waals surface area contributed by atoms with E-state index >= 15 is 0 Å². The molecule has 2 atom stereocenters. The van der Waals surface area contributed by atoms with Crippen LogP contribution in [-0.2, 0) is 9.59 Å². The first kappa shape index (κ1) is 31.2. The van der Waals surface area contributed by atoms with Gasteiger partial charge in [0.05, 0.1) is 18.4 Å². The number of benzene rings is 4. The molecule has 8 heteroatoms. The highest BCUT2D eigenvalue weighted by Crippen LogP contribution is 2.50. The van der Waals surface area contributed by atoms with E-state index in [9.17, 15) is 14.4 Å². The van der Waals surface area contributed by atoms with Crippen LogP contribution >= 0.6 is 0 Å². The summed E-state index contributed by atoms with van der Waals surface area (Å²) < 4.78 is 11.7. The molecule has 3 aliphatic heterocycles. The Labute approximate surface area is 281 Å². The van der Waals surface area contributed by atoms with Crippen molar-refractivity contribution >= 4 is 35.3 Å². The molecule has 48 heavy (non-hydrogen) atoms. The summed E-state index contributed by atoms with van der Waals surface area (Å²) >= 11 is 0. The standard InChI is InChI=1S/C40H39N3O5/c1-4-47-36-22-26(15-16-35(36)48-25(2)3)21-34-38(44)41-40(46)43(39(34)45)29-23-32-30(27-11-7-5-8-12-27)17-19-42-20-18-31(33(24-29)37(32)42)28-13-9-6-10-14-28/h5-16,21-25,30-31H,4,17-20H2,1-3H3,(H,41,44,46)/b34-21+/t30-,31-/m1/s1. The van der Waals surface area contributed by atoms with Gasteiger partial charge >= 0.3 is 6.03 Å². The molecule has 4 amide bonds. The fourth-order valence-corrected chi connectivity index (χ4v) is 7.26. The van der Waals surface area contributed by atoms with Crippen LogP contribution in [-0.4, -0.2) is 43.6 Å². The smallest absolute Gasteiger partial charge is 0.335 e. The zero-order valence-corrected chi connectivity index (χ0v) is 27.4. The average Bonchev–Trinajstić information content (AvgIpc) is 3.08. The number of nitrogens with zero attached hydrogens (tertiary/aromatic N) is 2. The molecule has 0 unspecified atom stereocenters. The molecule has 244 valence electrons. The third-order valence-corrected chi connectivity index (χ3v) is 9.30. The maximum absolute atomic E-state index is 14.2. The minimum atomic E-state index is -0.763. The van der Waals surface area contributed by atoms with E-state index in [1.165, 1.54) is 22.9 Å². The highest BCUT2D eigenvalue weighted by molar-refractivity contribution is 6.39. The summed E-state index contributed by atoms with van der Waals surface area (Å²) in [6.45, 7) is 8.01. The van der Waals surface area contributed by atoms with Crippen LogP contribution in [0.15, 0.2) is 96.6 Å². The molecule has 4 aromatic carbocycles. The molecule has 0 saturated carbocycles. The number of imide groups is 2. The number of carbonyl (C=O) groups is 3. The highest BCUT2D eigenvalue weighted by atomic mass is 16.5. The Morgan fingerprint density at radius 3 is 1.98 bits per heavy atom. The zero-order valence-electron chi connectivity index (χ0n) is 27.4. The van der Waals surface area contributed by atoms with E-state index in [-0.39, 0.29) is 23.5 Å². The van der Waals surface area contributed by atoms with Crippen LogP contribution in [0.5, 0.6) is 11.5 Å². The lowest BCUT2D eigenvalue weighted by Crippen LogP contribution is -2.54. The molecule has 1 fully saturated rings. The van der Waals surface area contributed by atoms with E-state index in [1.807, 2.05) is 69.3 Å². The lowest BCUT2D eigenvalue weighted by atomic mass is 9.76. The third-order valence-electron chi connectivity index (χ3n) is 9.30. The Morgan fingerprint density at radius 1 is 0.812 bits per heavy atom. The molecular weight excluding hydrogens is 602 g/mol. The summed E-state index contributed by atoms with van der Waals surface area (Å²) in [6.07, 6.45) is 3.27. The Morgan fingerprint density at radius 2 is 1.42 bits per heavy atom. The number of anilines is 2. The number of carbonyl (C=O) groups excluding carboxylic acids is 3. The number of amides is 4. The molecule has 0 aliphatic carbocycles. The van der Waals surface area contributed by atoms with Crippen LogP contribution in [0, 0.1) is 0 Å². The first-order valence-corrected chi connectivity index (χ1v) is 16.7. The van der Waals surface area contributed by atoms with Crippen LogP contribution < -0.4 is 24.6 Å². The van der Waals surface area contributed by atoms with Crippen molar-refractivity contribution in [2.75, 3.05) is 29.5 Å². The largest absolute Gasteiger partial charge is 0.490 e. The number of nitrogens with one attached hydrogen (secondary N) is 1. The number of rotatable bonds is 8. The summed E-state index contributed by atoms with van der Waals surface area (Å²) in [5.74, 6) is -0.149. The molecule has 0 spiro atoms. The molecule has 1 N–H and O–H groups in total. The number of hydrogen-bond donors (Lipinski definition) is 1. The Balaban J connectivity index is 1.34. The first-order valence-electron chi connectivity index (χ1n) is 16.7. The van der Waals surface area contributed by atoms with Gasteiger partial charge in [0.15, 0.2) is 11.5 Å². The summed E-state index contributed by atoms with van der Waals surface area (Å²) in [5, 5.41) is 2.42. The molecule has 7 rings (SSSR count). The topological polar surface area (TPSA) is 88.2 Å². The van der Waals surface area contributed by atoms with Crippen molar-refractivity contribution in [1.82, 2.24) is 5.32 Å². The predicted molar refractivity (Wildman–Crippen MR) is 187 cm³/mol. The fraction of sp³-hybridized carbons (Fsp3) is 0.275. The second-order valence-electron chi connectivity index (χ2n) is 12.7. The van der Waals surface area contributed by atoms with Crippen LogP contribution in [0.25, 0.3) is 6.08 Å². The van der Waals surface area contributed by atoms with Crippen LogP contribution in [0.3, 0.4) is 0 Å². The van der Waals surface area contributed by atoms with Crippen molar-refractivity contribution in [3.63, 3.8) is 0 Å². The summed E-state index contributed by atoms with van der Waals surface area (Å²) in [5.41, 5.74) is 6.64. The van der Waals surface area contributed by atoms with E-state index in [1.54, 1.807) is 18.2 Å². The van der Waals surface area contributed by atoms with E-state index in [0.717, 1.165) is 42.0 Å². The maximum Gasteiger partial charge on any atom is 0.335 e. The molecule has 1 saturated heterocycles. The lowest BCUT2D eigenvalue weighted by molar-refractivity contribution is -0.122. The first-order chi connectivity index (χ1) is 23.3. The Bertz CT molecular complexity index is 1830. The number of urea groups is 1. The van der Waals surface area contributed by atoms with E-state index in [2.05, 4.69) is 34.5 Å². The predicted octanol–water partition coefficient (Wildman–Crippen LogP) is 7.42. The number of ether oxygens (including phenoxy) is 2. The van der Waals surface area contributed by atoms with Gasteiger partial charge in [-0.2, -0.15) is 0 Å². The quantitative estimate of drug-likeness (QED) is 0.159. The van der Waals surface area contributed by atoms with Gasteiger partial charge in [-0.15, -0.1) is 0 Å². The highest BCUT2D eigenvalue weighted by Gasteiger charge is 2.40. The molecule has 8 nitrogen and oxygen atoms in total. The number of barbiturate groups is 1. The molecule has 0 radical (unpaired) electrons. The second kappa shape index (κ2) is 13.0. The summed E-state index contributed by atoms with van der Waals surface area (Å²) in [4.78, 5) is 44.5. The molecule has 4 aromatic rings. The monoisotopic (exact) mass is 641 g/mol. The minimum absolute atomic E-state index is 0.0596. The lowest BCUT2D eigenvalue weighted by Gasteiger charge is -2.44. The van der Waals surface area contributed by atoms with Crippen molar-refractivity contribution < 1.29 is 23.9 Å². The van der Waals surface area contributed by atoms with Gasteiger partial charge < -0.3 is 14.4 Å². The van der Waals surface area contributed by atoms with Crippen LogP contribution in [0.4, 0.5) is 16.2 Å². The maximum atomic E-state index is 14.2. The van der Waals surface area contributed by atoms with Crippen molar-refractivity contribution in [2.45, 2.75) is 51.6 Å². The van der Waals surface area contributed by atoms with Crippen LogP contribution in [0.2, 0.25) is 0 Å². The molecule has 3 aliphatic rings. The van der Waals surface area contributed by atoms with Gasteiger partial charge in [-0.3, -0.25) is 14.9 Å². The Kier molecular flexibility index (Phi) is 8.48. The van der Waals surface area contributed by atoms with E-state index in [0.29, 0.717) is 29.4 Å². The summed E-state index contributed by atoms with van der Waals surface area (Å²) in [7, 11) is 0. The van der Waals surface area contributed by atoms with Crippen molar-refractivity contribution in [2.24, 2.45) is 0 Å². The van der Waals surface area contributed by atoms with Gasteiger partial charge in [0.25, 0.3) is 11.8 Å². The van der Waals surface area contributed by atoms with Crippen molar-refractivity contribution in [1.29, 1.82) is 0 Å². The molecule has 0 bridgehead atoms. The number of hydrogen-bond acceptors (Lipinski definition) is 6. The average molecular weight is 642 g/mol. The molecular formula is C40H39N3O5. The fourth-order valence-electron chi connectivity index (χ4n) is 7.26. The SMILES string of the molecule is CCOc1cc(/C=C2\C(=O)NC(=O)N(c3cc4c5c(c3)[C@@H](c3ccccc3)CCN5CC[C@@H]4c3ccccc3)C2=O)ccc1OC(C)C. The zero-order chi connectivity index (χ0) is 33.4. The van der Waals surface area contributed by atoms with Gasteiger partial charge in [-0.05, 0) is 91.8 Å². The van der Waals surface area contributed by atoms with Crippen molar-refractivity contribution in [3.8, 4) is 11.5 Å². The van der Waals surface area contributed by atoms with Crippen LogP contribution in [0.1, 0.15) is 73.3 Å². The minimum Gasteiger partial charge on any atom is -0.490 e. The van der Waals surface area contributed by atoms with Gasteiger partial charge in [-0.1, -0.05) is 66.7 Å². The van der Waals surface area contributed by atoms with Gasteiger partial charge in [0.2, 0.25) is 0 Å². The van der Waals surface area contributed by atoms with Gasteiger partial charge in [0.1, 0.15) is 5.57 Å². The normalized spacial score (nSPS) is 19.8. The molecule has 0 aromatic heterocycles. The Hall–Kier alpha value is -5.37. The second-order valence-corrected chi connectivity index (χ2v) is 12.7. The van der Waals surface area contributed by atoms with E-state index < -0.39 is 17.8 Å². The van der Waals surface area contributed by atoms with Gasteiger partial charge in [0, 0.05) is 30.6 Å². The van der Waals surface area contributed by atoms with Gasteiger partial charge in [-0.25, -0.2) is 9.69 Å². The summed E-state index contributed by atoms with van der Waals surface area (Å²) in [6, 6.07) is 29.3.